The van der Waals surface area contributed by atoms with E-state index in [0.717, 1.165) is 11.0 Å². The summed E-state index contributed by atoms with van der Waals surface area (Å²) in [5.74, 6) is -2.02. The van der Waals surface area contributed by atoms with Gasteiger partial charge in [-0.3, -0.25) is 19.8 Å². The van der Waals surface area contributed by atoms with Crippen LogP contribution in [0.4, 0.5) is 14.9 Å². The molecular weight excluding hydrogens is 513 g/mol. The van der Waals surface area contributed by atoms with Crippen LogP contribution in [0.25, 0.3) is 6.08 Å². The SMILES string of the molecule is COC(=O)c1ccc(CN2C(=O)N/C(=C\c3cc(Cl)c(OCc4ccc(F)cc4)c([N+](=O)[O-])c3)C2=O)o1. The summed E-state index contributed by atoms with van der Waals surface area (Å²) in [6.07, 6.45) is 1.23. The minimum Gasteiger partial charge on any atom is -0.481 e. The number of halogens is 2. The number of hydrogen-bond acceptors (Lipinski definition) is 8. The van der Waals surface area contributed by atoms with Gasteiger partial charge in [-0.15, -0.1) is 0 Å². The van der Waals surface area contributed by atoms with Crippen molar-refractivity contribution in [2.45, 2.75) is 13.2 Å². The number of carbonyl (C=O) groups excluding carboxylic acids is 3. The Morgan fingerprint density at radius 1 is 1.22 bits per heavy atom. The Morgan fingerprint density at radius 3 is 2.62 bits per heavy atom. The highest BCUT2D eigenvalue weighted by Gasteiger charge is 2.34. The van der Waals surface area contributed by atoms with Crippen molar-refractivity contribution >= 4 is 41.3 Å². The first kappa shape index (κ1) is 25.4. The van der Waals surface area contributed by atoms with E-state index >= 15 is 0 Å². The molecule has 0 unspecified atom stereocenters. The molecule has 0 radical (unpaired) electrons. The molecule has 1 fully saturated rings. The average Bonchev–Trinajstić information content (AvgIpc) is 3.44. The zero-order valence-electron chi connectivity index (χ0n) is 19.0. The normalized spacial score (nSPS) is 14.1. The fourth-order valence-corrected chi connectivity index (χ4v) is 3.69. The van der Waals surface area contributed by atoms with Crippen LogP contribution in [-0.4, -0.2) is 34.8 Å². The van der Waals surface area contributed by atoms with Crippen LogP contribution in [0.2, 0.25) is 5.02 Å². The van der Waals surface area contributed by atoms with Gasteiger partial charge in [0.25, 0.3) is 5.91 Å². The van der Waals surface area contributed by atoms with Crippen molar-refractivity contribution in [3.8, 4) is 5.75 Å². The lowest BCUT2D eigenvalue weighted by atomic mass is 10.1. The third-order valence-corrected chi connectivity index (χ3v) is 5.46. The van der Waals surface area contributed by atoms with Gasteiger partial charge in [0.05, 0.1) is 23.6 Å². The molecule has 3 aromatic rings. The van der Waals surface area contributed by atoms with E-state index in [1.807, 2.05) is 0 Å². The lowest BCUT2D eigenvalue weighted by Crippen LogP contribution is -2.30. The van der Waals surface area contributed by atoms with Gasteiger partial charge in [0.2, 0.25) is 11.5 Å². The first-order valence-corrected chi connectivity index (χ1v) is 10.9. The van der Waals surface area contributed by atoms with Gasteiger partial charge in [-0.25, -0.2) is 14.0 Å². The number of nitro groups is 1. The predicted octanol–water partition coefficient (Wildman–Crippen LogP) is 4.44. The van der Waals surface area contributed by atoms with Crippen molar-refractivity contribution in [1.29, 1.82) is 0 Å². The number of rotatable bonds is 8. The van der Waals surface area contributed by atoms with E-state index in [2.05, 4.69) is 10.1 Å². The second kappa shape index (κ2) is 10.5. The molecule has 1 aliphatic rings. The average molecular weight is 530 g/mol. The van der Waals surface area contributed by atoms with Gasteiger partial charge in [-0.1, -0.05) is 23.7 Å². The van der Waals surface area contributed by atoms with E-state index in [4.69, 9.17) is 20.8 Å². The van der Waals surface area contributed by atoms with Crippen LogP contribution in [-0.2, 0) is 22.7 Å². The standard InChI is InChI=1S/C24H17ClFN3O8/c1-35-23(31)20-7-6-16(37-20)11-28-22(30)18(27-24(28)32)9-14-8-17(25)21(19(10-14)29(33)34)36-12-13-2-4-15(26)5-3-13/h2-10H,11-12H2,1H3,(H,27,32)/b18-9-. The number of esters is 1. The van der Waals surface area contributed by atoms with Gasteiger partial charge in [0.15, 0.2) is 0 Å². The van der Waals surface area contributed by atoms with Gasteiger partial charge >= 0.3 is 17.7 Å². The molecule has 1 aromatic heterocycles. The monoisotopic (exact) mass is 529 g/mol. The molecule has 4 rings (SSSR count). The number of urea groups is 1. The lowest BCUT2D eigenvalue weighted by molar-refractivity contribution is -0.385. The zero-order chi connectivity index (χ0) is 26.7. The molecule has 11 nitrogen and oxygen atoms in total. The first-order chi connectivity index (χ1) is 17.7. The molecule has 1 N–H and O–H groups in total. The highest BCUT2D eigenvalue weighted by molar-refractivity contribution is 6.32. The molecular formula is C24H17ClFN3O8. The second-order valence-electron chi connectivity index (χ2n) is 7.66. The van der Waals surface area contributed by atoms with Crippen LogP contribution in [0.3, 0.4) is 0 Å². The Morgan fingerprint density at radius 2 is 1.95 bits per heavy atom. The maximum atomic E-state index is 13.1. The van der Waals surface area contributed by atoms with Crippen molar-refractivity contribution in [1.82, 2.24) is 10.2 Å². The molecule has 2 heterocycles. The Labute approximate surface area is 213 Å². The Bertz CT molecular complexity index is 1430. The number of carbonyl (C=O) groups is 3. The third kappa shape index (κ3) is 5.59. The van der Waals surface area contributed by atoms with Crippen molar-refractivity contribution < 1.29 is 37.6 Å². The van der Waals surface area contributed by atoms with E-state index in [9.17, 15) is 28.9 Å². The summed E-state index contributed by atoms with van der Waals surface area (Å²) in [6, 6.07) is 9.86. The summed E-state index contributed by atoms with van der Waals surface area (Å²) in [7, 11) is 1.18. The van der Waals surface area contributed by atoms with Crippen LogP contribution in [0.5, 0.6) is 5.75 Å². The molecule has 37 heavy (non-hydrogen) atoms. The number of hydrogen-bond donors (Lipinski definition) is 1. The van der Waals surface area contributed by atoms with Crippen LogP contribution in [0, 0.1) is 15.9 Å². The first-order valence-electron chi connectivity index (χ1n) is 10.5. The third-order valence-electron chi connectivity index (χ3n) is 5.17. The number of amides is 3. The van der Waals surface area contributed by atoms with Gasteiger partial charge in [0, 0.05) is 6.07 Å². The molecule has 0 atom stereocenters. The molecule has 1 aliphatic heterocycles. The fourth-order valence-electron chi connectivity index (χ4n) is 3.41. The molecule has 2 aromatic carbocycles. The van der Waals surface area contributed by atoms with E-state index < -0.39 is 34.3 Å². The number of methoxy groups -OCH3 is 1. The van der Waals surface area contributed by atoms with Crippen LogP contribution < -0.4 is 10.1 Å². The number of ether oxygens (including phenoxy) is 2. The van der Waals surface area contributed by atoms with Crippen LogP contribution in [0.15, 0.2) is 58.6 Å². The molecule has 3 amide bonds. The smallest absolute Gasteiger partial charge is 0.373 e. The highest BCUT2D eigenvalue weighted by atomic mass is 35.5. The molecule has 13 heteroatoms. The van der Waals surface area contributed by atoms with Gasteiger partial charge in [-0.05, 0) is 47.5 Å². The number of imide groups is 1. The predicted molar refractivity (Wildman–Crippen MR) is 126 cm³/mol. The molecule has 0 bridgehead atoms. The van der Waals surface area contributed by atoms with E-state index in [-0.39, 0.29) is 46.7 Å². The summed E-state index contributed by atoms with van der Waals surface area (Å²) in [5.41, 5.74) is 0.0889. The molecule has 0 spiro atoms. The van der Waals surface area contributed by atoms with Crippen LogP contribution >= 0.6 is 11.6 Å². The largest absolute Gasteiger partial charge is 0.481 e. The van der Waals surface area contributed by atoms with E-state index in [1.165, 1.54) is 55.7 Å². The summed E-state index contributed by atoms with van der Waals surface area (Å²) in [4.78, 5) is 48.5. The Hall–Kier alpha value is -4.71. The highest BCUT2D eigenvalue weighted by Crippen LogP contribution is 2.37. The number of benzene rings is 2. The topological polar surface area (TPSA) is 141 Å². The zero-order valence-corrected chi connectivity index (χ0v) is 19.8. The summed E-state index contributed by atoms with van der Waals surface area (Å²) >= 11 is 6.24. The lowest BCUT2D eigenvalue weighted by Gasteiger charge is -2.10. The fraction of sp³-hybridized carbons (Fsp3) is 0.125. The quantitative estimate of drug-likeness (QED) is 0.148. The number of furan rings is 1. The van der Waals surface area contributed by atoms with E-state index in [1.54, 1.807) is 0 Å². The Kier molecular flexibility index (Phi) is 7.20. The minimum atomic E-state index is -0.757. The van der Waals surface area contributed by atoms with Gasteiger partial charge < -0.3 is 19.2 Å². The summed E-state index contributed by atoms with van der Waals surface area (Å²) < 4.78 is 28.5. The van der Waals surface area contributed by atoms with Gasteiger partial charge in [0.1, 0.15) is 23.9 Å². The van der Waals surface area contributed by atoms with Crippen molar-refractivity contribution in [3.05, 3.63) is 97.8 Å². The molecule has 0 saturated carbocycles. The van der Waals surface area contributed by atoms with E-state index in [0.29, 0.717) is 5.56 Å². The van der Waals surface area contributed by atoms with Crippen molar-refractivity contribution in [2.75, 3.05) is 7.11 Å². The maximum absolute atomic E-state index is 13.1. The van der Waals surface area contributed by atoms with Crippen molar-refractivity contribution in [3.63, 3.8) is 0 Å². The number of nitro benzene ring substituents is 1. The Balaban J connectivity index is 1.54. The molecule has 0 aliphatic carbocycles. The summed E-state index contributed by atoms with van der Waals surface area (Å²) in [6.45, 7) is -0.370. The number of nitrogens with zero attached hydrogens (tertiary/aromatic N) is 2. The molecule has 1 saturated heterocycles. The molecule has 190 valence electrons. The number of nitrogens with one attached hydrogen (secondary N) is 1. The second-order valence-corrected chi connectivity index (χ2v) is 8.07. The summed E-state index contributed by atoms with van der Waals surface area (Å²) in [5, 5.41) is 14.0. The van der Waals surface area contributed by atoms with Crippen LogP contribution in [0.1, 0.15) is 27.4 Å². The van der Waals surface area contributed by atoms with Gasteiger partial charge in [-0.2, -0.15) is 0 Å². The maximum Gasteiger partial charge on any atom is 0.373 e. The van der Waals surface area contributed by atoms with Crippen molar-refractivity contribution in [2.24, 2.45) is 0 Å². The minimum absolute atomic E-state index is 0.0935.